The summed E-state index contributed by atoms with van der Waals surface area (Å²) in [6.45, 7) is 3.15. The third-order valence-electron chi connectivity index (χ3n) is 3.33. The molecule has 1 aromatic carbocycles. The fourth-order valence-electron chi connectivity index (χ4n) is 2.28. The number of anilines is 1. The standard InChI is InChI=1S/C17H20N2O2S/c1-3-11-19(2)15-9-5-4-7-13(15)12-22-16-14(17(20)21)8-6-10-18-16/h4-10H,3,11-12H2,1-2H3,(H,20,21). The predicted molar refractivity (Wildman–Crippen MR) is 90.8 cm³/mol. The Kier molecular flexibility index (Phi) is 5.83. The van der Waals surface area contributed by atoms with Crippen molar-refractivity contribution in [2.75, 3.05) is 18.5 Å². The molecule has 0 fully saturated rings. The Balaban J connectivity index is 2.17. The van der Waals surface area contributed by atoms with E-state index in [1.165, 1.54) is 23.0 Å². The van der Waals surface area contributed by atoms with E-state index in [0.717, 1.165) is 13.0 Å². The zero-order valence-corrected chi connectivity index (χ0v) is 13.6. The van der Waals surface area contributed by atoms with Gasteiger partial charge in [-0.1, -0.05) is 25.1 Å². The van der Waals surface area contributed by atoms with Crippen LogP contribution in [0.2, 0.25) is 0 Å². The Morgan fingerprint density at radius 3 is 2.77 bits per heavy atom. The first-order valence-electron chi connectivity index (χ1n) is 7.23. The minimum atomic E-state index is -0.938. The predicted octanol–water partition coefficient (Wildman–Crippen LogP) is 3.92. The zero-order chi connectivity index (χ0) is 15.9. The van der Waals surface area contributed by atoms with E-state index in [1.54, 1.807) is 18.3 Å². The number of hydrogen-bond acceptors (Lipinski definition) is 4. The number of para-hydroxylation sites is 1. The minimum absolute atomic E-state index is 0.256. The van der Waals surface area contributed by atoms with Crippen LogP contribution < -0.4 is 4.90 Å². The molecule has 0 saturated heterocycles. The van der Waals surface area contributed by atoms with E-state index in [2.05, 4.69) is 36.0 Å². The molecule has 0 spiro atoms. The Bertz CT molecular complexity index is 646. The highest BCUT2D eigenvalue weighted by atomic mass is 32.2. The Morgan fingerprint density at radius 2 is 2.05 bits per heavy atom. The zero-order valence-electron chi connectivity index (χ0n) is 12.8. The second kappa shape index (κ2) is 7.84. The summed E-state index contributed by atoms with van der Waals surface area (Å²) in [4.78, 5) is 17.7. The summed E-state index contributed by atoms with van der Waals surface area (Å²) in [6, 6.07) is 11.5. The molecule has 0 amide bonds. The Labute approximate surface area is 135 Å². The van der Waals surface area contributed by atoms with Crippen molar-refractivity contribution in [3.8, 4) is 0 Å². The summed E-state index contributed by atoms with van der Waals surface area (Å²) in [5.74, 6) is -0.242. The molecule has 5 heteroatoms. The number of benzene rings is 1. The van der Waals surface area contributed by atoms with Gasteiger partial charge >= 0.3 is 5.97 Å². The fraction of sp³-hybridized carbons (Fsp3) is 0.294. The van der Waals surface area contributed by atoms with Gasteiger partial charge in [0.1, 0.15) is 5.03 Å². The van der Waals surface area contributed by atoms with Gasteiger partial charge in [0.15, 0.2) is 0 Å². The molecule has 0 aliphatic carbocycles. The van der Waals surface area contributed by atoms with Gasteiger partial charge in [0.25, 0.3) is 0 Å². The Hall–Kier alpha value is -2.01. The normalized spacial score (nSPS) is 10.5. The lowest BCUT2D eigenvalue weighted by atomic mass is 10.2. The van der Waals surface area contributed by atoms with Crippen molar-refractivity contribution in [2.45, 2.75) is 24.1 Å². The molecule has 0 unspecified atom stereocenters. The van der Waals surface area contributed by atoms with Crippen LogP contribution in [-0.2, 0) is 5.75 Å². The highest BCUT2D eigenvalue weighted by molar-refractivity contribution is 7.98. The van der Waals surface area contributed by atoms with E-state index < -0.39 is 5.97 Å². The van der Waals surface area contributed by atoms with Crippen LogP contribution in [0.4, 0.5) is 5.69 Å². The van der Waals surface area contributed by atoms with Gasteiger partial charge in [-0.3, -0.25) is 0 Å². The smallest absolute Gasteiger partial charge is 0.338 e. The maximum absolute atomic E-state index is 11.2. The summed E-state index contributed by atoms with van der Waals surface area (Å²) < 4.78 is 0. The molecule has 0 saturated carbocycles. The SMILES string of the molecule is CCCN(C)c1ccccc1CSc1ncccc1C(=O)O. The molecule has 1 heterocycles. The van der Waals surface area contributed by atoms with Crippen LogP contribution in [0, 0.1) is 0 Å². The van der Waals surface area contributed by atoms with E-state index in [-0.39, 0.29) is 5.56 Å². The summed E-state index contributed by atoms with van der Waals surface area (Å²) in [5.41, 5.74) is 2.63. The third kappa shape index (κ3) is 4.01. The van der Waals surface area contributed by atoms with Crippen LogP contribution in [-0.4, -0.2) is 29.7 Å². The van der Waals surface area contributed by atoms with Crippen molar-refractivity contribution in [3.63, 3.8) is 0 Å². The molecule has 1 N–H and O–H groups in total. The van der Waals surface area contributed by atoms with Crippen molar-refractivity contribution in [1.29, 1.82) is 0 Å². The third-order valence-corrected chi connectivity index (χ3v) is 4.38. The van der Waals surface area contributed by atoms with Crippen molar-refractivity contribution in [3.05, 3.63) is 53.7 Å². The number of pyridine rings is 1. The topological polar surface area (TPSA) is 53.4 Å². The molecule has 22 heavy (non-hydrogen) atoms. The number of aromatic nitrogens is 1. The maximum atomic E-state index is 11.2. The quantitative estimate of drug-likeness (QED) is 0.785. The summed E-state index contributed by atoms with van der Waals surface area (Å²) in [5, 5.41) is 9.77. The molecule has 0 atom stereocenters. The van der Waals surface area contributed by atoms with Crippen molar-refractivity contribution in [1.82, 2.24) is 4.98 Å². The highest BCUT2D eigenvalue weighted by Gasteiger charge is 2.13. The minimum Gasteiger partial charge on any atom is -0.478 e. The molecule has 0 radical (unpaired) electrons. The monoisotopic (exact) mass is 316 g/mol. The fourth-order valence-corrected chi connectivity index (χ4v) is 3.26. The number of carboxylic acids is 1. The second-order valence-electron chi connectivity index (χ2n) is 5.00. The van der Waals surface area contributed by atoms with E-state index >= 15 is 0 Å². The summed E-state index contributed by atoms with van der Waals surface area (Å²) >= 11 is 1.46. The molecular weight excluding hydrogens is 296 g/mol. The largest absolute Gasteiger partial charge is 0.478 e. The second-order valence-corrected chi connectivity index (χ2v) is 5.96. The van der Waals surface area contributed by atoms with Crippen LogP contribution in [0.3, 0.4) is 0 Å². The summed E-state index contributed by atoms with van der Waals surface area (Å²) in [6.07, 6.45) is 2.71. The molecule has 0 bridgehead atoms. The van der Waals surface area contributed by atoms with Gasteiger partial charge < -0.3 is 10.0 Å². The lowest BCUT2D eigenvalue weighted by Gasteiger charge is -2.21. The molecular formula is C17H20N2O2S. The number of carbonyl (C=O) groups is 1. The van der Waals surface area contributed by atoms with Crippen LogP contribution in [0.1, 0.15) is 29.3 Å². The van der Waals surface area contributed by atoms with Gasteiger partial charge in [-0.05, 0) is 30.2 Å². The molecule has 0 aliphatic rings. The average molecular weight is 316 g/mol. The Morgan fingerprint density at radius 1 is 1.27 bits per heavy atom. The molecule has 2 rings (SSSR count). The number of rotatable bonds is 7. The van der Waals surface area contributed by atoms with Crippen LogP contribution in [0.5, 0.6) is 0 Å². The first kappa shape index (κ1) is 16.4. The van der Waals surface area contributed by atoms with E-state index in [4.69, 9.17) is 0 Å². The molecule has 2 aromatic rings. The lowest BCUT2D eigenvalue weighted by Crippen LogP contribution is -2.19. The van der Waals surface area contributed by atoms with Crippen LogP contribution in [0.15, 0.2) is 47.6 Å². The maximum Gasteiger partial charge on any atom is 0.338 e. The molecule has 1 aromatic heterocycles. The first-order valence-corrected chi connectivity index (χ1v) is 8.22. The lowest BCUT2D eigenvalue weighted by molar-refractivity contribution is 0.0692. The van der Waals surface area contributed by atoms with Gasteiger partial charge in [0, 0.05) is 31.2 Å². The number of hydrogen-bond donors (Lipinski definition) is 1. The van der Waals surface area contributed by atoms with E-state index in [9.17, 15) is 9.90 Å². The number of nitrogens with zero attached hydrogens (tertiary/aromatic N) is 2. The highest BCUT2D eigenvalue weighted by Crippen LogP contribution is 2.29. The van der Waals surface area contributed by atoms with Gasteiger partial charge in [-0.25, -0.2) is 9.78 Å². The van der Waals surface area contributed by atoms with E-state index in [1.807, 2.05) is 12.1 Å². The molecule has 4 nitrogen and oxygen atoms in total. The number of thioether (sulfide) groups is 1. The molecule has 116 valence electrons. The van der Waals surface area contributed by atoms with E-state index in [0.29, 0.717) is 10.8 Å². The van der Waals surface area contributed by atoms with Gasteiger partial charge in [0.05, 0.1) is 5.56 Å². The summed E-state index contributed by atoms with van der Waals surface area (Å²) in [7, 11) is 2.08. The van der Waals surface area contributed by atoms with Crippen molar-refractivity contribution >= 4 is 23.4 Å². The van der Waals surface area contributed by atoms with Crippen LogP contribution in [0.25, 0.3) is 0 Å². The number of carboxylic acid groups (broad SMARTS) is 1. The average Bonchev–Trinajstić information content (AvgIpc) is 2.53. The van der Waals surface area contributed by atoms with Crippen LogP contribution >= 0.6 is 11.8 Å². The number of aromatic carboxylic acids is 1. The van der Waals surface area contributed by atoms with Crippen molar-refractivity contribution < 1.29 is 9.90 Å². The molecule has 0 aliphatic heterocycles. The first-order chi connectivity index (χ1) is 10.6. The van der Waals surface area contributed by atoms with Gasteiger partial charge in [0.2, 0.25) is 0 Å². The van der Waals surface area contributed by atoms with Crippen molar-refractivity contribution in [2.24, 2.45) is 0 Å². The van der Waals surface area contributed by atoms with Gasteiger partial charge in [-0.2, -0.15) is 0 Å². The van der Waals surface area contributed by atoms with Gasteiger partial charge in [-0.15, -0.1) is 11.8 Å².